The lowest BCUT2D eigenvalue weighted by Gasteiger charge is -2.23. The molecule has 0 aliphatic heterocycles. The van der Waals surface area contributed by atoms with E-state index in [4.69, 9.17) is 9.42 Å². The van der Waals surface area contributed by atoms with Crippen LogP contribution in [0.4, 0.5) is 0 Å². The van der Waals surface area contributed by atoms with Crippen molar-refractivity contribution in [1.82, 2.24) is 0 Å². The number of phosphoric ester groups is 1. The summed E-state index contributed by atoms with van der Waals surface area (Å²) in [6.45, 7) is 0.822. The normalized spacial score (nSPS) is 18.8. The fourth-order valence-corrected chi connectivity index (χ4v) is 6.17. The minimum atomic E-state index is -5.34. The zero-order valence-electron chi connectivity index (χ0n) is 15.4. The van der Waals surface area contributed by atoms with Crippen molar-refractivity contribution >= 4 is 29.0 Å². The van der Waals surface area contributed by atoms with Crippen LogP contribution in [0.15, 0.2) is 60.7 Å². The highest BCUT2D eigenvalue weighted by atomic mass is 31.3. The summed E-state index contributed by atoms with van der Waals surface area (Å²) < 4.78 is 53.7. The van der Waals surface area contributed by atoms with E-state index in [9.17, 15) is 23.4 Å². The summed E-state index contributed by atoms with van der Waals surface area (Å²) in [5, 5.41) is 0. The summed E-state index contributed by atoms with van der Waals surface area (Å²) in [4.78, 5) is 31.7. The number of carbonyl (C=O) groups excluding carboxylic acids is 1. The first-order valence-electron chi connectivity index (χ1n) is 7.99. The van der Waals surface area contributed by atoms with Gasteiger partial charge in [0, 0.05) is 19.3 Å². The molecule has 158 valence electrons. The lowest BCUT2D eigenvalue weighted by molar-refractivity contribution is 0.0765. The highest BCUT2D eigenvalue weighted by Crippen LogP contribution is 2.68. The molecule has 0 radical (unpaired) electrons. The van der Waals surface area contributed by atoms with E-state index in [-0.39, 0.29) is 5.56 Å². The molecule has 2 aromatic rings. The number of benzene rings is 2. The van der Waals surface area contributed by atoms with E-state index in [0.717, 1.165) is 13.8 Å². The predicted octanol–water partition coefficient (Wildman–Crippen LogP) is 4.33. The molecule has 2 aromatic carbocycles. The minimum Gasteiger partial charge on any atom is -0.302 e. The van der Waals surface area contributed by atoms with Crippen molar-refractivity contribution in [3.8, 4) is 0 Å². The molecular formula is C16H19O10P3. The minimum absolute atomic E-state index is 0.240. The average molecular weight is 464 g/mol. The highest BCUT2D eigenvalue weighted by molar-refractivity contribution is 7.68. The lowest BCUT2D eigenvalue weighted by Crippen LogP contribution is -2.16. The summed E-state index contributed by atoms with van der Waals surface area (Å²) in [7, 11) is -14.0. The lowest BCUT2D eigenvalue weighted by atomic mass is 10.0. The van der Waals surface area contributed by atoms with Crippen LogP contribution in [-0.2, 0) is 31.4 Å². The first-order chi connectivity index (χ1) is 13.4. The smallest absolute Gasteiger partial charge is 0.302 e. The largest absolute Gasteiger partial charge is 0.488 e. The van der Waals surface area contributed by atoms with E-state index in [1.807, 2.05) is 0 Å². The molecule has 13 heteroatoms. The molecule has 4 atom stereocenters. The maximum Gasteiger partial charge on any atom is 0.488 e. The van der Waals surface area contributed by atoms with Gasteiger partial charge in [-0.3, -0.25) is 18.4 Å². The topological polar surface area (TPSA) is 146 Å². The Morgan fingerprint density at radius 2 is 1.38 bits per heavy atom. The first-order valence-corrected chi connectivity index (χ1v) is 13.0. The molecule has 0 aliphatic carbocycles. The van der Waals surface area contributed by atoms with Crippen LogP contribution in [0.25, 0.3) is 0 Å². The summed E-state index contributed by atoms with van der Waals surface area (Å²) in [6.07, 6.45) is -1.45. The molecule has 0 saturated heterocycles. The Balaban J connectivity index is 2.30. The molecule has 2 N–H and O–H groups in total. The molecule has 0 fully saturated rings. The molecule has 0 aliphatic rings. The van der Waals surface area contributed by atoms with Crippen molar-refractivity contribution in [2.45, 2.75) is 6.10 Å². The number of hydrogen-bond donors (Lipinski definition) is 2. The monoisotopic (exact) mass is 464 g/mol. The van der Waals surface area contributed by atoms with Gasteiger partial charge in [0.25, 0.3) is 0 Å². The number of Topliss-reactive ketones (excluding diaryl/α,β-unsaturated/α-hetero) is 1. The fraction of sp³-hybridized carbons (Fsp3) is 0.188. The highest BCUT2D eigenvalue weighted by Gasteiger charge is 2.42. The van der Waals surface area contributed by atoms with Crippen LogP contribution in [0.1, 0.15) is 22.0 Å². The number of rotatable bonds is 10. The zero-order chi connectivity index (χ0) is 21.7. The third kappa shape index (κ3) is 7.39. The van der Waals surface area contributed by atoms with Gasteiger partial charge < -0.3 is 9.79 Å². The Morgan fingerprint density at radius 3 is 1.90 bits per heavy atom. The van der Waals surface area contributed by atoms with E-state index in [1.165, 1.54) is 24.3 Å². The third-order valence-electron chi connectivity index (χ3n) is 3.38. The Kier molecular flexibility index (Phi) is 7.87. The molecular weight excluding hydrogens is 445 g/mol. The maximum absolute atomic E-state index is 12.9. The Labute approximate surface area is 167 Å². The summed E-state index contributed by atoms with van der Waals surface area (Å²) in [5.41, 5.74) is 0.550. The Bertz CT molecular complexity index is 979. The van der Waals surface area contributed by atoms with Crippen molar-refractivity contribution < 1.29 is 45.9 Å². The van der Waals surface area contributed by atoms with E-state index >= 15 is 0 Å². The molecule has 0 bridgehead atoms. The van der Waals surface area contributed by atoms with Crippen molar-refractivity contribution in [3.63, 3.8) is 0 Å². The molecule has 0 aromatic heterocycles. The van der Waals surface area contributed by atoms with Gasteiger partial charge in [0.2, 0.25) is 0 Å². The second-order valence-corrected chi connectivity index (χ2v) is 11.0. The number of carbonyl (C=O) groups is 1. The van der Waals surface area contributed by atoms with Gasteiger partial charge in [-0.05, 0) is 5.56 Å². The van der Waals surface area contributed by atoms with Gasteiger partial charge in [-0.25, -0.2) is 13.4 Å². The van der Waals surface area contributed by atoms with Gasteiger partial charge in [-0.2, -0.15) is 4.31 Å². The number of ketones is 1. The third-order valence-corrected chi connectivity index (χ3v) is 8.10. The maximum atomic E-state index is 12.9. The van der Waals surface area contributed by atoms with Gasteiger partial charge in [-0.1, -0.05) is 60.7 Å². The van der Waals surface area contributed by atoms with Gasteiger partial charge in [0.05, 0.1) is 0 Å². The van der Waals surface area contributed by atoms with E-state index in [0.29, 0.717) is 5.56 Å². The molecule has 2 rings (SSSR count). The first kappa shape index (κ1) is 23.8. The van der Waals surface area contributed by atoms with E-state index < -0.39 is 35.1 Å². The van der Waals surface area contributed by atoms with Crippen LogP contribution < -0.4 is 0 Å². The molecule has 0 spiro atoms. The van der Waals surface area contributed by atoms with Crippen LogP contribution in [0, 0.1) is 0 Å². The quantitative estimate of drug-likeness (QED) is 0.385. The number of hydrogen-bond acceptors (Lipinski definition) is 8. The van der Waals surface area contributed by atoms with Crippen molar-refractivity contribution in [1.29, 1.82) is 0 Å². The van der Waals surface area contributed by atoms with Crippen molar-refractivity contribution in [2.24, 2.45) is 0 Å². The van der Waals surface area contributed by atoms with Gasteiger partial charge in [0.1, 0.15) is 0 Å². The molecule has 4 unspecified atom stereocenters. The van der Waals surface area contributed by atoms with Crippen LogP contribution in [0.2, 0.25) is 0 Å². The van der Waals surface area contributed by atoms with Crippen molar-refractivity contribution in [2.75, 3.05) is 13.8 Å². The van der Waals surface area contributed by atoms with Gasteiger partial charge in [0.15, 0.2) is 11.9 Å². The molecule has 10 nitrogen and oxygen atoms in total. The molecule has 0 amide bonds. The van der Waals surface area contributed by atoms with E-state index in [2.05, 4.69) is 13.1 Å². The van der Waals surface area contributed by atoms with Crippen LogP contribution in [-0.4, -0.2) is 29.3 Å². The predicted molar refractivity (Wildman–Crippen MR) is 103 cm³/mol. The second kappa shape index (κ2) is 9.58. The molecule has 29 heavy (non-hydrogen) atoms. The van der Waals surface area contributed by atoms with Gasteiger partial charge in [-0.15, -0.1) is 0 Å². The van der Waals surface area contributed by atoms with Gasteiger partial charge >= 0.3 is 23.2 Å². The Hall–Kier alpha value is -1.44. The van der Waals surface area contributed by atoms with E-state index in [1.54, 1.807) is 36.4 Å². The standard InChI is InChI=1S/C16H19O10P3/c1-23-28(19,20)26-29(21,22)25-27(2,18)24-16(14-11-7-4-8-12-14)15(17)13-9-5-3-6-10-13/h3-12,16H,1-2H3,(H,19,20)(H,21,22). The number of phosphoric acid groups is 2. The van der Waals surface area contributed by atoms with Crippen LogP contribution in [0.5, 0.6) is 0 Å². The van der Waals surface area contributed by atoms with Crippen LogP contribution in [0.3, 0.4) is 0 Å². The molecule has 0 heterocycles. The average Bonchev–Trinajstić information content (AvgIpc) is 2.65. The molecule has 0 saturated carbocycles. The summed E-state index contributed by atoms with van der Waals surface area (Å²) >= 11 is 0. The van der Waals surface area contributed by atoms with Crippen molar-refractivity contribution in [3.05, 3.63) is 71.8 Å². The fourth-order valence-electron chi connectivity index (χ4n) is 2.22. The second-order valence-electron chi connectivity index (χ2n) is 5.68. The Morgan fingerprint density at radius 1 is 0.862 bits per heavy atom. The van der Waals surface area contributed by atoms with Crippen LogP contribution >= 0.6 is 23.2 Å². The summed E-state index contributed by atoms with van der Waals surface area (Å²) in [5.74, 6) is -0.583. The summed E-state index contributed by atoms with van der Waals surface area (Å²) in [6, 6.07) is 16.0. The SMILES string of the molecule is COP(=O)(O)OP(=O)(O)OP(C)(=O)OC(C(=O)c1ccccc1)c1ccccc1. The zero-order valence-corrected chi connectivity index (χ0v) is 18.0.